The first kappa shape index (κ1) is 16.1. The zero-order valence-electron chi connectivity index (χ0n) is 14.5. The quantitative estimate of drug-likeness (QED) is 0.835. The number of aromatic nitrogens is 2. The van der Waals surface area contributed by atoms with E-state index in [1.807, 2.05) is 26.0 Å². The fourth-order valence-corrected chi connectivity index (χ4v) is 3.80. The van der Waals surface area contributed by atoms with Gasteiger partial charge in [-0.15, -0.1) is 0 Å². The van der Waals surface area contributed by atoms with E-state index in [0.717, 1.165) is 29.9 Å². The van der Waals surface area contributed by atoms with Gasteiger partial charge in [0.1, 0.15) is 5.82 Å². The predicted molar refractivity (Wildman–Crippen MR) is 98.2 cm³/mol. The van der Waals surface area contributed by atoms with E-state index >= 15 is 0 Å². The number of piperidine rings is 1. The van der Waals surface area contributed by atoms with Crippen LogP contribution in [0.15, 0.2) is 24.4 Å². The molecule has 2 unspecified atom stereocenters. The molecule has 0 aromatic carbocycles. The SMILES string of the molecule is CC.CC1CCN2CC=C(c3c[nH]c4ccc(N)nc34)CC2C1. The Bertz CT molecular complexity index is 700. The topological polar surface area (TPSA) is 57.9 Å². The molecule has 0 amide bonds. The number of H-pyrrole nitrogens is 1. The van der Waals surface area contributed by atoms with Crippen LogP contribution in [-0.2, 0) is 0 Å². The molecule has 23 heavy (non-hydrogen) atoms. The summed E-state index contributed by atoms with van der Waals surface area (Å²) < 4.78 is 0. The van der Waals surface area contributed by atoms with E-state index < -0.39 is 0 Å². The standard InChI is InChI=1S/C17H22N4.C2H6/c1-11-4-6-21-7-5-12(9-13(21)8-11)14-10-19-15-2-3-16(18)20-17(14)15;1-2/h2-3,5,10-11,13,19H,4,6-9H2,1H3,(H2,18,20);1-2H3. The van der Waals surface area contributed by atoms with Crippen molar-refractivity contribution in [2.75, 3.05) is 18.8 Å². The highest BCUT2D eigenvalue weighted by Crippen LogP contribution is 2.35. The molecule has 3 N–H and O–H groups in total. The molecular weight excluding hydrogens is 284 g/mol. The molecule has 4 heteroatoms. The third-order valence-corrected chi connectivity index (χ3v) is 5.02. The van der Waals surface area contributed by atoms with Gasteiger partial charge < -0.3 is 10.7 Å². The highest BCUT2D eigenvalue weighted by Gasteiger charge is 2.30. The van der Waals surface area contributed by atoms with Gasteiger partial charge in [-0.2, -0.15) is 0 Å². The number of nitrogens with zero attached hydrogens (tertiary/aromatic N) is 2. The molecule has 0 radical (unpaired) electrons. The molecule has 1 saturated heterocycles. The van der Waals surface area contributed by atoms with E-state index in [4.69, 9.17) is 5.73 Å². The molecule has 4 rings (SSSR count). The van der Waals surface area contributed by atoms with Gasteiger partial charge in [0.15, 0.2) is 0 Å². The van der Waals surface area contributed by atoms with Crippen LogP contribution in [0.25, 0.3) is 16.6 Å². The summed E-state index contributed by atoms with van der Waals surface area (Å²) in [6.45, 7) is 8.69. The lowest BCUT2D eigenvalue weighted by Gasteiger charge is -2.41. The number of anilines is 1. The van der Waals surface area contributed by atoms with Crippen molar-refractivity contribution in [3.8, 4) is 0 Å². The second kappa shape index (κ2) is 6.75. The summed E-state index contributed by atoms with van der Waals surface area (Å²) in [7, 11) is 0. The van der Waals surface area contributed by atoms with Crippen molar-refractivity contribution in [3.05, 3.63) is 30.0 Å². The van der Waals surface area contributed by atoms with Gasteiger partial charge in [-0.05, 0) is 49.4 Å². The fourth-order valence-electron chi connectivity index (χ4n) is 3.80. The summed E-state index contributed by atoms with van der Waals surface area (Å²) in [4.78, 5) is 10.5. The van der Waals surface area contributed by atoms with Gasteiger partial charge in [0.2, 0.25) is 0 Å². The minimum Gasteiger partial charge on any atom is -0.384 e. The van der Waals surface area contributed by atoms with Crippen LogP contribution in [0, 0.1) is 5.92 Å². The number of pyridine rings is 1. The van der Waals surface area contributed by atoms with Crippen LogP contribution < -0.4 is 5.73 Å². The Kier molecular flexibility index (Phi) is 4.71. The van der Waals surface area contributed by atoms with Crippen molar-refractivity contribution in [3.63, 3.8) is 0 Å². The number of hydrogen-bond acceptors (Lipinski definition) is 3. The summed E-state index contributed by atoms with van der Waals surface area (Å²) in [6.07, 6.45) is 8.25. The van der Waals surface area contributed by atoms with Gasteiger partial charge in [0.25, 0.3) is 0 Å². The maximum absolute atomic E-state index is 5.85. The first-order valence-electron chi connectivity index (χ1n) is 8.88. The summed E-state index contributed by atoms with van der Waals surface area (Å²) in [5.41, 5.74) is 10.6. The molecule has 2 aromatic rings. The Morgan fingerprint density at radius 3 is 2.96 bits per heavy atom. The fraction of sp³-hybridized carbons (Fsp3) is 0.526. The summed E-state index contributed by atoms with van der Waals surface area (Å²) in [5.74, 6) is 1.44. The van der Waals surface area contributed by atoms with Crippen molar-refractivity contribution in [1.82, 2.24) is 14.9 Å². The molecule has 4 nitrogen and oxygen atoms in total. The van der Waals surface area contributed by atoms with Crippen molar-refractivity contribution < 1.29 is 0 Å². The summed E-state index contributed by atoms with van der Waals surface area (Å²) >= 11 is 0. The van der Waals surface area contributed by atoms with Gasteiger partial charge in [-0.1, -0.05) is 26.8 Å². The van der Waals surface area contributed by atoms with E-state index in [1.165, 1.54) is 30.5 Å². The van der Waals surface area contributed by atoms with Gasteiger partial charge in [0, 0.05) is 24.3 Å². The van der Waals surface area contributed by atoms with Crippen LogP contribution in [0.5, 0.6) is 0 Å². The predicted octanol–water partition coefficient (Wildman–Crippen LogP) is 4.06. The molecule has 0 aliphatic carbocycles. The Morgan fingerprint density at radius 1 is 1.30 bits per heavy atom. The first-order valence-corrected chi connectivity index (χ1v) is 8.88. The average Bonchev–Trinajstić information content (AvgIpc) is 2.99. The lowest BCUT2D eigenvalue weighted by Crippen LogP contribution is -2.44. The second-order valence-corrected chi connectivity index (χ2v) is 6.55. The summed E-state index contributed by atoms with van der Waals surface area (Å²) in [5, 5.41) is 0. The van der Waals surface area contributed by atoms with E-state index in [1.54, 1.807) is 0 Å². The Balaban J connectivity index is 0.000000753. The minimum atomic E-state index is 0.590. The molecule has 2 aromatic heterocycles. The van der Waals surface area contributed by atoms with Crippen molar-refractivity contribution >= 4 is 22.4 Å². The Labute approximate surface area is 138 Å². The molecule has 0 bridgehead atoms. The van der Waals surface area contributed by atoms with Gasteiger partial charge in [-0.3, -0.25) is 4.90 Å². The highest BCUT2D eigenvalue weighted by molar-refractivity contribution is 5.90. The van der Waals surface area contributed by atoms with Crippen molar-refractivity contribution in [1.29, 1.82) is 0 Å². The summed E-state index contributed by atoms with van der Waals surface area (Å²) in [6, 6.07) is 4.56. The lowest BCUT2D eigenvalue weighted by atomic mass is 9.85. The minimum absolute atomic E-state index is 0.590. The van der Waals surface area contributed by atoms with Gasteiger partial charge in [-0.25, -0.2) is 4.98 Å². The molecule has 1 fully saturated rings. The molecule has 124 valence electrons. The zero-order chi connectivity index (χ0) is 16.4. The van der Waals surface area contributed by atoms with Crippen LogP contribution in [0.1, 0.15) is 45.6 Å². The molecule has 0 saturated carbocycles. The third kappa shape index (κ3) is 3.13. The maximum Gasteiger partial charge on any atom is 0.124 e. The third-order valence-electron chi connectivity index (χ3n) is 5.02. The van der Waals surface area contributed by atoms with Crippen LogP contribution in [0.4, 0.5) is 5.82 Å². The second-order valence-electron chi connectivity index (χ2n) is 6.55. The van der Waals surface area contributed by atoms with Gasteiger partial charge in [0.05, 0.1) is 11.0 Å². The molecule has 4 heterocycles. The molecule has 2 aliphatic rings. The average molecular weight is 312 g/mol. The number of nitrogens with two attached hydrogens (primary N) is 1. The van der Waals surface area contributed by atoms with E-state index in [0.29, 0.717) is 11.9 Å². The number of hydrogen-bond donors (Lipinski definition) is 2. The van der Waals surface area contributed by atoms with Crippen LogP contribution in [0.3, 0.4) is 0 Å². The Morgan fingerprint density at radius 2 is 2.13 bits per heavy atom. The van der Waals surface area contributed by atoms with Crippen molar-refractivity contribution in [2.24, 2.45) is 5.92 Å². The molecule has 2 atom stereocenters. The number of nitrogen functional groups attached to an aromatic ring is 1. The maximum atomic E-state index is 5.85. The van der Waals surface area contributed by atoms with E-state index in [9.17, 15) is 0 Å². The van der Waals surface area contributed by atoms with Crippen LogP contribution in [0.2, 0.25) is 0 Å². The molecule has 2 aliphatic heterocycles. The number of fused-ring (bicyclic) bond motifs is 2. The smallest absolute Gasteiger partial charge is 0.124 e. The normalized spacial score (nSPS) is 24.6. The Hall–Kier alpha value is -1.81. The van der Waals surface area contributed by atoms with Gasteiger partial charge >= 0.3 is 0 Å². The largest absolute Gasteiger partial charge is 0.384 e. The monoisotopic (exact) mass is 312 g/mol. The molecular formula is C19H28N4. The number of nitrogens with one attached hydrogen (secondary N) is 1. The zero-order valence-corrected chi connectivity index (χ0v) is 14.5. The van der Waals surface area contributed by atoms with E-state index in [2.05, 4.69) is 34.1 Å². The van der Waals surface area contributed by atoms with Crippen LogP contribution in [-0.4, -0.2) is 34.0 Å². The van der Waals surface area contributed by atoms with E-state index in [-0.39, 0.29) is 0 Å². The number of aromatic amines is 1. The lowest BCUT2D eigenvalue weighted by molar-refractivity contribution is 0.129. The van der Waals surface area contributed by atoms with Crippen LogP contribution >= 0.6 is 0 Å². The molecule has 0 spiro atoms. The number of rotatable bonds is 1. The first-order chi connectivity index (χ1) is 11.2. The highest BCUT2D eigenvalue weighted by atomic mass is 15.2. The van der Waals surface area contributed by atoms with Crippen molar-refractivity contribution in [2.45, 2.75) is 46.1 Å².